The largest absolute Gasteiger partial charge is 0.508 e. The maximum absolute atomic E-state index is 13.7. The number of phenolic OH excluding ortho intramolecular Hbond substituents is 1. The van der Waals surface area contributed by atoms with Gasteiger partial charge in [0.1, 0.15) is 22.2 Å². The summed E-state index contributed by atoms with van der Waals surface area (Å²) in [6.45, 7) is 1.77. The van der Waals surface area contributed by atoms with E-state index in [0.717, 1.165) is 28.0 Å². The molecule has 0 amide bonds. The van der Waals surface area contributed by atoms with Gasteiger partial charge in [0, 0.05) is 18.2 Å². The van der Waals surface area contributed by atoms with Gasteiger partial charge < -0.3 is 15.7 Å². The molecule has 0 spiro atoms. The number of hydrogen-bond donors (Lipinski definition) is 4. The fourth-order valence-electron chi connectivity index (χ4n) is 2.01. The monoisotopic (exact) mass is 353 g/mol. The van der Waals surface area contributed by atoms with Gasteiger partial charge in [-0.2, -0.15) is 0 Å². The number of ether oxygens (including phenoxy) is 1. The van der Waals surface area contributed by atoms with Gasteiger partial charge in [-0.05, 0) is 30.7 Å². The molecule has 0 aliphatic rings. The summed E-state index contributed by atoms with van der Waals surface area (Å²) < 4.78 is 35.3. The van der Waals surface area contributed by atoms with E-state index in [1.807, 2.05) is 0 Å². The molecule has 0 aliphatic heterocycles. The highest BCUT2D eigenvalue weighted by molar-refractivity contribution is 7.33. The molecule has 0 bridgehead atoms. The highest BCUT2D eigenvalue weighted by atomic mass is 32.2. The summed E-state index contributed by atoms with van der Waals surface area (Å²) in [5, 5.41) is 13.9. The van der Waals surface area contributed by atoms with Crippen LogP contribution >= 0.6 is 10.7 Å². The number of aryl methyl sites for hydroxylation is 1. The first kappa shape index (κ1) is 15.9. The molecule has 126 valence electrons. The second-order valence-corrected chi connectivity index (χ2v) is 6.58. The number of phenols is 1. The summed E-state index contributed by atoms with van der Waals surface area (Å²) in [7, 11) is -0.698. The second-order valence-electron chi connectivity index (χ2n) is 5.02. The van der Waals surface area contributed by atoms with Crippen LogP contribution in [0.1, 0.15) is 5.56 Å². The lowest BCUT2D eigenvalue weighted by Gasteiger charge is -2.07. The van der Waals surface area contributed by atoms with Crippen LogP contribution < -0.4 is 10.6 Å². The van der Waals surface area contributed by atoms with Crippen molar-refractivity contribution in [3.05, 3.63) is 59.0 Å². The molecule has 0 aliphatic carbocycles. The predicted octanol–water partition coefficient (Wildman–Crippen LogP) is 3.81. The van der Waals surface area contributed by atoms with E-state index in [0.29, 0.717) is 5.56 Å². The zero-order chi connectivity index (χ0) is 17.3. The maximum atomic E-state index is 13.7. The van der Waals surface area contributed by atoms with E-state index in [9.17, 15) is 13.9 Å². The van der Waals surface area contributed by atoms with Crippen LogP contribution in [0.15, 0.2) is 41.8 Å². The molecular weight excluding hydrogens is 338 g/mol. The van der Waals surface area contributed by atoms with Crippen molar-refractivity contribution < 1.29 is 18.6 Å². The Morgan fingerprint density at radius 3 is 2.75 bits per heavy atom. The summed E-state index contributed by atoms with van der Waals surface area (Å²) >= 11 is 0. The minimum absolute atomic E-state index is 0.148. The summed E-state index contributed by atoms with van der Waals surface area (Å²) in [5.41, 5.74) is 0.705. The fourth-order valence-corrected chi connectivity index (χ4v) is 3.40. The van der Waals surface area contributed by atoms with Crippen LogP contribution in [-0.2, 0) is 0 Å². The van der Waals surface area contributed by atoms with Gasteiger partial charge in [-0.25, -0.2) is 13.9 Å². The Morgan fingerprint density at radius 1 is 1.21 bits per heavy atom. The van der Waals surface area contributed by atoms with Gasteiger partial charge in [0.2, 0.25) is 10.3 Å². The standard InChI is InChI=1S/C15H14F2N4O2S/c1-9-6-11(3-5-13(9)22)24-8-15(19-21(18)20-24)23-14-7-10(16)2-4-12(14)17/h2-8,19-20H,18H2,1H3/p+1. The highest BCUT2D eigenvalue weighted by Crippen LogP contribution is 2.33. The van der Waals surface area contributed by atoms with Crippen molar-refractivity contribution in [2.75, 3.05) is 5.84 Å². The van der Waals surface area contributed by atoms with Crippen LogP contribution in [0.3, 0.4) is 0 Å². The Morgan fingerprint density at radius 2 is 2.00 bits per heavy atom. The fraction of sp³-hybridized carbons (Fsp3) is 0.0667. The molecule has 0 saturated heterocycles. The van der Waals surface area contributed by atoms with Crippen LogP contribution in [0.5, 0.6) is 17.4 Å². The zero-order valence-corrected chi connectivity index (χ0v) is 13.4. The highest BCUT2D eigenvalue weighted by Gasteiger charge is 2.16. The zero-order valence-electron chi connectivity index (χ0n) is 12.6. The molecule has 1 heterocycles. The number of aromatic amines is 2. The number of benzene rings is 2. The number of rotatable bonds is 3. The Bertz CT molecular complexity index is 924. The third-order valence-electron chi connectivity index (χ3n) is 3.19. The van der Waals surface area contributed by atoms with Crippen molar-refractivity contribution >= 4 is 10.7 Å². The number of nitrogen functional groups attached to an aromatic ring is 1. The van der Waals surface area contributed by atoms with Crippen LogP contribution in [0.2, 0.25) is 0 Å². The van der Waals surface area contributed by atoms with Gasteiger partial charge in [-0.1, -0.05) is 9.39 Å². The third kappa shape index (κ3) is 3.35. The number of aromatic nitrogens is 3. The molecule has 1 unspecified atom stereocenters. The Hall–Kier alpha value is -2.94. The number of hydrogen-bond acceptors (Lipinski definition) is 3. The van der Waals surface area contributed by atoms with Gasteiger partial charge in [-0.3, -0.25) is 0 Å². The average molecular weight is 353 g/mol. The van der Waals surface area contributed by atoms with Crippen LogP contribution in [0.4, 0.5) is 8.78 Å². The van der Waals surface area contributed by atoms with E-state index >= 15 is 0 Å². The minimum atomic E-state index is -0.698. The molecule has 3 rings (SSSR count). The van der Waals surface area contributed by atoms with Gasteiger partial charge in [0.05, 0.1) is 0 Å². The number of nitrogens with zero attached hydrogens (tertiary/aromatic N) is 1. The molecular formula is C15H15F2N4O2S+. The van der Waals surface area contributed by atoms with E-state index in [1.165, 1.54) is 0 Å². The Kier molecular flexibility index (Phi) is 4.17. The van der Waals surface area contributed by atoms with Crippen molar-refractivity contribution in [3.63, 3.8) is 0 Å². The summed E-state index contributed by atoms with van der Waals surface area (Å²) in [6, 6.07) is 8.03. The van der Waals surface area contributed by atoms with Crippen molar-refractivity contribution in [3.8, 4) is 22.3 Å². The van der Waals surface area contributed by atoms with E-state index in [-0.39, 0.29) is 17.4 Å². The molecule has 9 heteroatoms. The lowest BCUT2D eigenvalue weighted by atomic mass is 10.2. The molecule has 3 aromatic rings. The molecule has 1 aromatic heterocycles. The molecule has 6 nitrogen and oxygen atoms in total. The van der Waals surface area contributed by atoms with Crippen molar-refractivity contribution in [2.45, 2.75) is 6.92 Å². The Labute approximate surface area is 138 Å². The first-order valence-electron chi connectivity index (χ1n) is 6.87. The average Bonchev–Trinajstić information content (AvgIpc) is 2.53. The van der Waals surface area contributed by atoms with E-state index in [2.05, 4.69) is 9.59 Å². The number of nitrogens with one attached hydrogen (secondary N) is 2. The SMILES string of the molecule is Cc1cc(-[s+]2cc(Oc3cc(F)ccc3F)[nH]n(N)[nH]2)ccc1O. The molecule has 0 fully saturated rings. The molecule has 0 radical (unpaired) electrons. The lowest BCUT2D eigenvalue weighted by Crippen LogP contribution is -2.16. The van der Waals surface area contributed by atoms with E-state index in [1.54, 1.807) is 30.5 Å². The van der Waals surface area contributed by atoms with E-state index in [4.69, 9.17) is 10.6 Å². The third-order valence-corrected chi connectivity index (χ3v) is 4.79. The molecule has 2 aromatic carbocycles. The van der Waals surface area contributed by atoms with Crippen molar-refractivity contribution in [1.29, 1.82) is 0 Å². The molecule has 0 saturated carbocycles. The number of aromatic hydroxyl groups is 1. The van der Waals surface area contributed by atoms with Crippen LogP contribution in [0.25, 0.3) is 4.90 Å². The summed E-state index contributed by atoms with van der Waals surface area (Å²) in [5.74, 6) is 4.49. The first-order valence-corrected chi connectivity index (χ1v) is 8.16. The normalized spacial score (nSPS) is 11.4. The van der Waals surface area contributed by atoms with E-state index < -0.39 is 22.3 Å². The predicted molar refractivity (Wildman–Crippen MR) is 87.6 cm³/mol. The van der Waals surface area contributed by atoms with Gasteiger partial charge >= 0.3 is 0 Å². The van der Waals surface area contributed by atoms with Crippen LogP contribution in [0, 0.1) is 18.6 Å². The van der Waals surface area contributed by atoms with Crippen molar-refractivity contribution in [2.24, 2.45) is 0 Å². The number of H-pyrrole nitrogens is 2. The summed E-state index contributed by atoms with van der Waals surface area (Å²) in [6.07, 6.45) is 0. The number of halogens is 2. The van der Waals surface area contributed by atoms with Gasteiger partial charge in [0.15, 0.2) is 11.6 Å². The van der Waals surface area contributed by atoms with Crippen LogP contribution in [-0.4, -0.2) is 19.6 Å². The smallest absolute Gasteiger partial charge is 0.271 e. The Balaban J connectivity index is 1.99. The second kappa shape index (κ2) is 6.28. The quantitative estimate of drug-likeness (QED) is 0.426. The first-order chi connectivity index (χ1) is 11.4. The van der Waals surface area contributed by atoms with Gasteiger partial charge in [0.25, 0.3) is 5.88 Å². The minimum Gasteiger partial charge on any atom is -0.508 e. The molecule has 24 heavy (non-hydrogen) atoms. The number of nitrogens with two attached hydrogens (primary N) is 1. The van der Waals surface area contributed by atoms with Crippen molar-refractivity contribution in [1.82, 2.24) is 14.5 Å². The lowest BCUT2D eigenvalue weighted by molar-refractivity contribution is 0.408. The topological polar surface area (TPSA) is 92.0 Å². The van der Waals surface area contributed by atoms with Gasteiger partial charge in [-0.15, -0.1) is 0 Å². The maximum Gasteiger partial charge on any atom is 0.271 e. The molecule has 5 N–H and O–H groups in total. The molecule has 1 atom stereocenters. The summed E-state index contributed by atoms with van der Waals surface area (Å²) in [4.78, 5) is 1.90.